The smallest absolute Gasteiger partial charge is 0.320 e. The van der Waals surface area contributed by atoms with Crippen LogP contribution >= 0.6 is 0 Å². The van der Waals surface area contributed by atoms with Crippen molar-refractivity contribution in [3.63, 3.8) is 0 Å². The fraction of sp³-hybridized carbons (Fsp3) is 0.296. The Kier molecular flexibility index (Phi) is 7.87. The van der Waals surface area contributed by atoms with Crippen LogP contribution in [0.25, 0.3) is 16.9 Å². The van der Waals surface area contributed by atoms with Gasteiger partial charge < -0.3 is 10.1 Å². The largest absolute Gasteiger partial charge is 0.383 e. The zero-order chi connectivity index (χ0) is 28.4. The van der Waals surface area contributed by atoms with Gasteiger partial charge in [-0.25, -0.2) is 22.6 Å². The van der Waals surface area contributed by atoms with Crippen molar-refractivity contribution < 1.29 is 27.5 Å². The zero-order valence-corrected chi connectivity index (χ0v) is 22.1. The fourth-order valence-corrected chi connectivity index (χ4v) is 4.57. The predicted octanol–water partition coefficient (Wildman–Crippen LogP) is 4.12. The van der Waals surface area contributed by atoms with Gasteiger partial charge in [-0.1, -0.05) is 6.07 Å². The second-order valence-electron chi connectivity index (χ2n) is 9.40. The Morgan fingerprint density at radius 1 is 1.15 bits per heavy atom. The van der Waals surface area contributed by atoms with Crippen LogP contribution in [0.2, 0.25) is 0 Å². The van der Waals surface area contributed by atoms with E-state index in [0.717, 1.165) is 17.7 Å². The van der Waals surface area contributed by atoms with Crippen LogP contribution in [0, 0.1) is 24.4 Å². The van der Waals surface area contributed by atoms with Crippen LogP contribution in [0.5, 0.6) is 0 Å². The number of methoxy groups -OCH3 is 1. The predicted molar refractivity (Wildman–Crippen MR) is 140 cm³/mol. The standard InChI is InChI=1S/C27H28F3N7O3/c1-16-24(18-13-31-35(2)14-18)34-37(20-7-5-19(28)6-8-20)26(16)33-27(38)32-23-15-36(10-11-39-3)40-25(23)17-4-9-21(29)22(30)12-17/h4-9,12-14,23,25H,10-11,15H2,1-3H3,(H2,32,33,38)/t23-,25+/m1/s1. The normalized spacial score (nSPS) is 17.4. The van der Waals surface area contributed by atoms with Gasteiger partial charge in [0.1, 0.15) is 23.4 Å². The molecule has 2 amide bonds. The maximum absolute atomic E-state index is 14.0. The SMILES string of the molecule is COCCN1C[C@@H](NC(=O)Nc2c(C)c(-c3cnn(C)c3)nn2-c2ccc(F)cc2)[C@H](c2ccc(F)c(F)c2)O1. The first-order chi connectivity index (χ1) is 19.2. The minimum atomic E-state index is -1.01. The van der Waals surface area contributed by atoms with Gasteiger partial charge in [0.25, 0.3) is 0 Å². The van der Waals surface area contributed by atoms with Gasteiger partial charge in [-0.05, 0) is 48.9 Å². The summed E-state index contributed by atoms with van der Waals surface area (Å²) in [6, 6.07) is 8.02. The van der Waals surface area contributed by atoms with Crippen molar-refractivity contribution in [2.24, 2.45) is 7.05 Å². The molecule has 0 radical (unpaired) electrons. The lowest BCUT2D eigenvalue weighted by Crippen LogP contribution is -2.42. The molecule has 1 fully saturated rings. The number of halogens is 3. The van der Waals surface area contributed by atoms with Gasteiger partial charge in [0, 0.05) is 44.6 Å². The molecular weight excluding hydrogens is 527 g/mol. The van der Waals surface area contributed by atoms with Gasteiger partial charge in [-0.3, -0.25) is 14.8 Å². The lowest BCUT2D eigenvalue weighted by Gasteiger charge is -2.20. The molecule has 0 aliphatic carbocycles. The molecule has 0 unspecified atom stereocenters. The average molecular weight is 556 g/mol. The summed E-state index contributed by atoms with van der Waals surface area (Å²) in [5, 5.41) is 16.2. The second-order valence-corrected chi connectivity index (χ2v) is 9.40. The molecule has 10 nitrogen and oxygen atoms in total. The first kappa shape index (κ1) is 27.4. The third kappa shape index (κ3) is 5.71. The molecule has 1 aliphatic heterocycles. The van der Waals surface area contributed by atoms with E-state index >= 15 is 0 Å². The number of hydroxylamine groups is 2. The maximum atomic E-state index is 14.0. The topological polar surface area (TPSA) is 98.5 Å². The third-order valence-corrected chi connectivity index (χ3v) is 6.57. The Balaban J connectivity index is 1.43. The van der Waals surface area contributed by atoms with Crippen molar-refractivity contribution in [1.82, 2.24) is 29.9 Å². The molecule has 2 aromatic carbocycles. The number of benzene rings is 2. The third-order valence-electron chi connectivity index (χ3n) is 6.57. The summed E-state index contributed by atoms with van der Waals surface area (Å²) >= 11 is 0. The highest BCUT2D eigenvalue weighted by Crippen LogP contribution is 2.32. The van der Waals surface area contributed by atoms with Crippen LogP contribution < -0.4 is 10.6 Å². The monoisotopic (exact) mass is 555 g/mol. The molecule has 13 heteroatoms. The summed E-state index contributed by atoms with van der Waals surface area (Å²) in [7, 11) is 3.34. The van der Waals surface area contributed by atoms with E-state index in [4.69, 9.17) is 9.57 Å². The van der Waals surface area contributed by atoms with Crippen molar-refractivity contribution in [3.8, 4) is 16.9 Å². The summed E-state index contributed by atoms with van der Waals surface area (Å²) in [5.41, 5.74) is 2.89. The molecule has 0 saturated carbocycles. The number of ether oxygens (including phenoxy) is 1. The van der Waals surface area contributed by atoms with E-state index in [1.54, 1.807) is 55.4 Å². The van der Waals surface area contributed by atoms with Gasteiger partial charge in [0.15, 0.2) is 11.6 Å². The number of aromatic nitrogens is 4. The Bertz CT molecular complexity index is 1510. The Hall–Kier alpha value is -4.20. The molecule has 2 aromatic heterocycles. The van der Waals surface area contributed by atoms with E-state index in [9.17, 15) is 18.0 Å². The minimum Gasteiger partial charge on any atom is -0.383 e. The number of carbonyl (C=O) groups is 1. The maximum Gasteiger partial charge on any atom is 0.320 e. The number of hydrogen-bond donors (Lipinski definition) is 2. The van der Waals surface area contributed by atoms with E-state index in [1.165, 1.54) is 22.9 Å². The molecule has 3 heterocycles. The molecule has 2 N–H and O–H groups in total. The fourth-order valence-electron chi connectivity index (χ4n) is 4.57. The molecule has 4 aromatic rings. The van der Waals surface area contributed by atoms with Crippen molar-refractivity contribution in [2.45, 2.75) is 19.1 Å². The van der Waals surface area contributed by atoms with Crippen LogP contribution in [0.4, 0.5) is 23.8 Å². The number of urea groups is 1. The molecule has 2 atom stereocenters. The van der Waals surface area contributed by atoms with Crippen molar-refractivity contribution >= 4 is 11.8 Å². The summed E-state index contributed by atoms with van der Waals surface area (Å²) in [5.74, 6) is -2.03. The highest BCUT2D eigenvalue weighted by atomic mass is 19.2. The second kappa shape index (κ2) is 11.5. The number of nitrogens with zero attached hydrogens (tertiary/aromatic N) is 5. The number of anilines is 1. The summed E-state index contributed by atoms with van der Waals surface area (Å²) in [6.07, 6.45) is 2.68. The lowest BCUT2D eigenvalue weighted by atomic mass is 10.0. The molecule has 1 saturated heterocycles. The molecule has 0 spiro atoms. The Labute approximate surface area is 228 Å². The molecule has 40 heavy (non-hydrogen) atoms. The van der Waals surface area contributed by atoms with E-state index in [1.807, 2.05) is 0 Å². The number of hydrogen-bond acceptors (Lipinski definition) is 6. The highest BCUT2D eigenvalue weighted by molar-refractivity contribution is 5.91. The van der Waals surface area contributed by atoms with E-state index in [2.05, 4.69) is 20.8 Å². The van der Waals surface area contributed by atoms with Crippen LogP contribution in [0.3, 0.4) is 0 Å². The summed E-state index contributed by atoms with van der Waals surface area (Å²) in [6.45, 7) is 2.86. The van der Waals surface area contributed by atoms with E-state index in [-0.39, 0.29) is 6.54 Å². The van der Waals surface area contributed by atoms with Crippen molar-refractivity contribution in [1.29, 1.82) is 0 Å². The Morgan fingerprint density at radius 3 is 2.60 bits per heavy atom. The average Bonchev–Trinajstić information content (AvgIpc) is 3.62. The van der Waals surface area contributed by atoms with Gasteiger partial charge in [0.05, 0.1) is 24.5 Å². The quantitative estimate of drug-likeness (QED) is 0.340. The Morgan fingerprint density at radius 2 is 1.93 bits per heavy atom. The van der Waals surface area contributed by atoms with E-state index < -0.39 is 35.6 Å². The van der Waals surface area contributed by atoms with Crippen molar-refractivity contribution in [3.05, 3.63) is 83.4 Å². The van der Waals surface area contributed by atoms with Crippen LogP contribution in [0.1, 0.15) is 17.2 Å². The minimum absolute atomic E-state index is 0.275. The van der Waals surface area contributed by atoms with Gasteiger partial charge in [-0.2, -0.15) is 15.3 Å². The van der Waals surface area contributed by atoms with Crippen molar-refractivity contribution in [2.75, 3.05) is 32.1 Å². The number of nitrogens with one attached hydrogen (secondary N) is 2. The number of amides is 2. The van der Waals surface area contributed by atoms with Gasteiger partial charge >= 0.3 is 6.03 Å². The van der Waals surface area contributed by atoms with Crippen LogP contribution in [-0.2, 0) is 16.6 Å². The number of aryl methyl sites for hydroxylation is 1. The molecule has 0 bridgehead atoms. The molecule has 210 valence electrons. The van der Waals surface area contributed by atoms with Gasteiger partial charge in [0.2, 0.25) is 0 Å². The number of carbonyl (C=O) groups excluding carboxylic acids is 1. The highest BCUT2D eigenvalue weighted by Gasteiger charge is 2.37. The van der Waals surface area contributed by atoms with E-state index in [0.29, 0.717) is 41.5 Å². The zero-order valence-electron chi connectivity index (χ0n) is 22.1. The van der Waals surface area contributed by atoms with Gasteiger partial charge in [-0.15, -0.1) is 0 Å². The molecule has 5 rings (SSSR count). The first-order valence-corrected chi connectivity index (χ1v) is 12.5. The van der Waals surface area contributed by atoms with Crippen LogP contribution in [-0.4, -0.2) is 63.5 Å². The summed E-state index contributed by atoms with van der Waals surface area (Å²) < 4.78 is 49.5. The molecular formula is C27H28F3N7O3. The first-order valence-electron chi connectivity index (χ1n) is 12.5. The molecule has 1 aliphatic rings. The summed E-state index contributed by atoms with van der Waals surface area (Å²) in [4.78, 5) is 19.3. The lowest BCUT2D eigenvalue weighted by molar-refractivity contribution is -0.154. The van der Waals surface area contributed by atoms with Crippen LogP contribution in [0.15, 0.2) is 54.9 Å². The number of rotatable bonds is 8.